The molecule has 2 aliphatic rings. The van der Waals surface area contributed by atoms with Crippen LogP contribution in [0, 0.1) is 5.92 Å². The number of pyridine rings is 1. The van der Waals surface area contributed by atoms with Gasteiger partial charge in [-0.05, 0) is 50.2 Å². The summed E-state index contributed by atoms with van der Waals surface area (Å²) in [6.45, 7) is 2.36. The van der Waals surface area contributed by atoms with Gasteiger partial charge in [0.25, 0.3) is 0 Å². The van der Waals surface area contributed by atoms with Crippen molar-refractivity contribution in [2.75, 3.05) is 0 Å². The highest BCUT2D eigenvalue weighted by molar-refractivity contribution is 5.28. The van der Waals surface area contributed by atoms with Crippen molar-refractivity contribution < 1.29 is 0 Å². The quantitative estimate of drug-likeness (QED) is 0.862. The Labute approximate surface area is 104 Å². The molecule has 1 heterocycles. The van der Waals surface area contributed by atoms with Crippen LogP contribution in [0.5, 0.6) is 0 Å². The summed E-state index contributed by atoms with van der Waals surface area (Å²) in [5.74, 6) is 0.891. The number of nitrogens with one attached hydrogen (secondary N) is 1. The van der Waals surface area contributed by atoms with Crippen molar-refractivity contribution in [1.82, 2.24) is 10.3 Å². The minimum absolute atomic E-state index is 0.502. The molecule has 0 saturated heterocycles. The Bertz CT molecular complexity index is 382. The van der Waals surface area contributed by atoms with E-state index in [-0.39, 0.29) is 0 Å². The van der Waals surface area contributed by atoms with Gasteiger partial charge in [0.1, 0.15) is 0 Å². The third kappa shape index (κ3) is 2.23. The van der Waals surface area contributed by atoms with E-state index >= 15 is 0 Å². The normalized spacial score (nSPS) is 26.1. The number of aromatic nitrogens is 1. The van der Waals surface area contributed by atoms with E-state index in [1.807, 2.05) is 6.20 Å². The number of rotatable bonds is 3. The maximum absolute atomic E-state index is 4.56. The van der Waals surface area contributed by atoms with Gasteiger partial charge in [-0.2, -0.15) is 0 Å². The van der Waals surface area contributed by atoms with E-state index in [0.29, 0.717) is 12.1 Å². The molecule has 1 saturated carbocycles. The van der Waals surface area contributed by atoms with Crippen LogP contribution in [0.2, 0.25) is 0 Å². The number of aryl methyl sites for hydroxylation is 1. The zero-order valence-corrected chi connectivity index (χ0v) is 10.7. The largest absolute Gasteiger partial charge is 0.306 e. The molecule has 2 aliphatic carbocycles. The van der Waals surface area contributed by atoms with Crippen LogP contribution in [0.4, 0.5) is 0 Å². The fourth-order valence-electron chi connectivity index (χ4n) is 3.49. The molecule has 92 valence electrons. The van der Waals surface area contributed by atoms with Gasteiger partial charge < -0.3 is 5.32 Å². The molecule has 1 aromatic heterocycles. The molecule has 2 atom stereocenters. The molecule has 1 unspecified atom stereocenters. The molecule has 0 bridgehead atoms. The molecular weight excluding hydrogens is 208 g/mol. The highest BCUT2D eigenvalue weighted by Gasteiger charge is 2.28. The first-order chi connectivity index (χ1) is 8.34. The Hall–Kier alpha value is -0.890. The summed E-state index contributed by atoms with van der Waals surface area (Å²) < 4.78 is 0. The Morgan fingerprint density at radius 1 is 1.29 bits per heavy atom. The third-order valence-corrected chi connectivity index (χ3v) is 4.53. The van der Waals surface area contributed by atoms with Gasteiger partial charge in [-0.25, -0.2) is 0 Å². The minimum Gasteiger partial charge on any atom is -0.306 e. The van der Waals surface area contributed by atoms with Crippen LogP contribution < -0.4 is 5.32 Å². The Balaban J connectivity index is 1.66. The van der Waals surface area contributed by atoms with Crippen molar-refractivity contribution in [2.24, 2.45) is 5.92 Å². The Morgan fingerprint density at radius 2 is 2.12 bits per heavy atom. The molecule has 1 fully saturated rings. The van der Waals surface area contributed by atoms with Gasteiger partial charge in [0, 0.05) is 12.2 Å². The first kappa shape index (κ1) is 11.2. The fraction of sp³-hybridized carbons (Fsp3) is 0.667. The van der Waals surface area contributed by atoms with Gasteiger partial charge in [0.2, 0.25) is 0 Å². The number of hydrogen-bond donors (Lipinski definition) is 1. The van der Waals surface area contributed by atoms with Gasteiger partial charge >= 0.3 is 0 Å². The lowest BCUT2D eigenvalue weighted by molar-refractivity contribution is 0.340. The predicted molar refractivity (Wildman–Crippen MR) is 69.9 cm³/mol. The first-order valence-corrected chi connectivity index (χ1v) is 7.04. The summed E-state index contributed by atoms with van der Waals surface area (Å²) in [4.78, 5) is 4.56. The van der Waals surface area contributed by atoms with Crippen LogP contribution in [-0.2, 0) is 6.42 Å². The highest BCUT2D eigenvalue weighted by Crippen LogP contribution is 2.32. The molecule has 1 N–H and O–H groups in total. The topological polar surface area (TPSA) is 24.9 Å². The molecule has 0 aliphatic heterocycles. The first-order valence-electron chi connectivity index (χ1n) is 7.04. The Morgan fingerprint density at radius 3 is 2.94 bits per heavy atom. The average molecular weight is 230 g/mol. The molecule has 0 radical (unpaired) electrons. The van der Waals surface area contributed by atoms with Gasteiger partial charge in [0.15, 0.2) is 0 Å². The van der Waals surface area contributed by atoms with E-state index in [0.717, 1.165) is 5.92 Å². The van der Waals surface area contributed by atoms with E-state index < -0.39 is 0 Å². The molecule has 2 heteroatoms. The lowest BCUT2D eigenvalue weighted by Crippen LogP contribution is -2.34. The zero-order chi connectivity index (χ0) is 11.7. The maximum Gasteiger partial charge on any atom is 0.0605 e. The SMILES string of the molecule is C[C@H](NC1CCc2cccnc21)C1CCCC1. The number of hydrogen-bond acceptors (Lipinski definition) is 2. The van der Waals surface area contributed by atoms with Crippen LogP contribution >= 0.6 is 0 Å². The van der Waals surface area contributed by atoms with E-state index in [2.05, 4.69) is 29.4 Å². The molecule has 0 spiro atoms. The lowest BCUT2D eigenvalue weighted by Gasteiger charge is -2.24. The number of fused-ring (bicyclic) bond motifs is 1. The summed E-state index contributed by atoms with van der Waals surface area (Å²) in [5, 5.41) is 3.81. The van der Waals surface area contributed by atoms with E-state index in [1.165, 1.54) is 49.8 Å². The molecule has 1 aromatic rings. The smallest absolute Gasteiger partial charge is 0.0605 e. The monoisotopic (exact) mass is 230 g/mol. The summed E-state index contributed by atoms with van der Waals surface area (Å²) in [6.07, 6.45) is 10.0. The summed E-state index contributed by atoms with van der Waals surface area (Å²) >= 11 is 0. The van der Waals surface area contributed by atoms with Crippen LogP contribution in [-0.4, -0.2) is 11.0 Å². The maximum atomic E-state index is 4.56. The second-order valence-corrected chi connectivity index (χ2v) is 5.64. The molecule has 0 amide bonds. The average Bonchev–Trinajstić information content (AvgIpc) is 2.98. The van der Waals surface area contributed by atoms with Crippen molar-refractivity contribution in [3.05, 3.63) is 29.6 Å². The summed E-state index contributed by atoms with van der Waals surface area (Å²) in [5.41, 5.74) is 2.75. The van der Waals surface area contributed by atoms with Gasteiger partial charge in [-0.15, -0.1) is 0 Å². The molecule has 3 rings (SSSR count). The van der Waals surface area contributed by atoms with Crippen molar-refractivity contribution >= 4 is 0 Å². The van der Waals surface area contributed by atoms with Crippen LogP contribution in [0.25, 0.3) is 0 Å². The van der Waals surface area contributed by atoms with Crippen molar-refractivity contribution in [2.45, 2.75) is 57.5 Å². The lowest BCUT2D eigenvalue weighted by atomic mass is 9.98. The van der Waals surface area contributed by atoms with Crippen molar-refractivity contribution in [1.29, 1.82) is 0 Å². The van der Waals surface area contributed by atoms with Crippen LogP contribution in [0.1, 0.15) is 56.3 Å². The highest BCUT2D eigenvalue weighted by atomic mass is 15.0. The van der Waals surface area contributed by atoms with Crippen LogP contribution in [0.3, 0.4) is 0 Å². The van der Waals surface area contributed by atoms with Gasteiger partial charge in [-0.1, -0.05) is 18.9 Å². The molecular formula is C15H22N2. The summed E-state index contributed by atoms with van der Waals surface area (Å²) in [7, 11) is 0. The third-order valence-electron chi connectivity index (χ3n) is 4.53. The Kier molecular flexibility index (Phi) is 3.15. The van der Waals surface area contributed by atoms with Crippen LogP contribution in [0.15, 0.2) is 18.3 Å². The second-order valence-electron chi connectivity index (χ2n) is 5.64. The summed E-state index contributed by atoms with van der Waals surface area (Å²) in [6, 6.07) is 5.43. The molecule has 0 aromatic carbocycles. The zero-order valence-electron chi connectivity index (χ0n) is 10.7. The van der Waals surface area contributed by atoms with E-state index in [1.54, 1.807) is 0 Å². The predicted octanol–water partition coefficient (Wildman–Crippen LogP) is 3.24. The molecule has 2 nitrogen and oxygen atoms in total. The standard InChI is InChI=1S/C15H22N2/c1-11(12-5-2-3-6-12)17-14-9-8-13-7-4-10-16-15(13)14/h4,7,10-12,14,17H,2-3,5-6,8-9H2,1H3/t11-,14?/m0/s1. The van der Waals surface area contributed by atoms with Gasteiger partial charge in [-0.3, -0.25) is 4.98 Å². The van der Waals surface area contributed by atoms with Gasteiger partial charge in [0.05, 0.1) is 11.7 Å². The van der Waals surface area contributed by atoms with Crippen molar-refractivity contribution in [3.8, 4) is 0 Å². The molecule has 17 heavy (non-hydrogen) atoms. The minimum atomic E-state index is 0.502. The van der Waals surface area contributed by atoms with Crippen molar-refractivity contribution in [3.63, 3.8) is 0 Å². The van der Waals surface area contributed by atoms with E-state index in [4.69, 9.17) is 0 Å². The van der Waals surface area contributed by atoms with E-state index in [9.17, 15) is 0 Å². The fourth-order valence-corrected chi connectivity index (χ4v) is 3.49. The second kappa shape index (κ2) is 4.77. The number of nitrogens with zero attached hydrogens (tertiary/aromatic N) is 1.